The minimum Gasteiger partial charge on any atom is -0.474 e. The van der Waals surface area contributed by atoms with Crippen LogP contribution < -0.4 is 10.9 Å². The Morgan fingerprint density at radius 2 is 1.89 bits per heavy atom. The molecule has 0 unspecified atom stereocenters. The molecule has 0 aliphatic carbocycles. The lowest BCUT2D eigenvalue weighted by Crippen LogP contribution is -2.21. The lowest BCUT2D eigenvalue weighted by atomic mass is 10.1. The number of amides is 1. The predicted octanol–water partition coefficient (Wildman–Crippen LogP) is 1.43. The number of nitrogens with one attached hydrogen (secondary N) is 1. The molecule has 6 nitrogen and oxygen atoms in total. The van der Waals surface area contributed by atoms with Crippen LogP contribution in [0.25, 0.3) is 11.0 Å². The van der Waals surface area contributed by atoms with E-state index in [9.17, 15) is 14.4 Å². The van der Waals surface area contributed by atoms with Crippen molar-refractivity contribution in [3.05, 3.63) is 39.7 Å². The van der Waals surface area contributed by atoms with E-state index in [1.807, 2.05) is 0 Å². The molecule has 1 aromatic carbocycles. The number of hydrogen-bond acceptors (Lipinski definition) is 4. The number of carbonyl (C=O) groups excluding carboxylic acids is 1. The molecular formula is C13H11NO5. The summed E-state index contributed by atoms with van der Waals surface area (Å²) in [5.74, 6) is -2.73. The van der Waals surface area contributed by atoms with Gasteiger partial charge in [-0.2, -0.15) is 0 Å². The molecule has 98 valence electrons. The first-order valence-electron chi connectivity index (χ1n) is 5.48. The monoisotopic (exact) mass is 261 g/mol. The van der Waals surface area contributed by atoms with Crippen molar-refractivity contribution in [1.82, 2.24) is 0 Å². The number of carboxylic acid groups (broad SMARTS) is 1. The number of benzene rings is 1. The van der Waals surface area contributed by atoms with Crippen molar-refractivity contribution in [2.45, 2.75) is 13.8 Å². The van der Waals surface area contributed by atoms with Crippen molar-refractivity contribution >= 4 is 28.5 Å². The highest BCUT2D eigenvalue weighted by Crippen LogP contribution is 2.22. The summed E-state index contributed by atoms with van der Waals surface area (Å²) < 4.78 is 5.10. The largest absolute Gasteiger partial charge is 0.474 e. The molecule has 0 atom stereocenters. The molecule has 1 aromatic heterocycles. The molecule has 0 fully saturated rings. The second-order valence-corrected chi connectivity index (χ2v) is 4.11. The molecule has 2 aromatic rings. The summed E-state index contributed by atoms with van der Waals surface area (Å²) in [5.41, 5.74) is 1.42. The third kappa shape index (κ3) is 2.33. The molecule has 0 aliphatic heterocycles. The fraction of sp³-hybridized carbons (Fsp3) is 0.154. The fourth-order valence-corrected chi connectivity index (χ4v) is 1.71. The summed E-state index contributed by atoms with van der Waals surface area (Å²) in [7, 11) is 0. The molecule has 0 radical (unpaired) electrons. The molecule has 19 heavy (non-hydrogen) atoms. The summed E-state index contributed by atoms with van der Waals surface area (Å²) in [6.45, 7) is 3.46. The Kier molecular flexibility index (Phi) is 3.08. The highest BCUT2D eigenvalue weighted by atomic mass is 16.4. The SMILES string of the molecule is Cc1c(C)c2ccc(NC(=O)C(=O)O)cc2oc1=O. The first-order chi connectivity index (χ1) is 8.90. The fourth-order valence-electron chi connectivity index (χ4n) is 1.71. The van der Waals surface area contributed by atoms with Gasteiger partial charge in [0.05, 0.1) is 0 Å². The summed E-state index contributed by atoms with van der Waals surface area (Å²) in [5, 5.41) is 11.4. The number of aryl methyl sites for hydroxylation is 1. The molecule has 6 heteroatoms. The predicted molar refractivity (Wildman–Crippen MR) is 68.2 cm³/mol. The standard InChI is InChI=1S/C13H11NO5/c1-6-7(2)13(18)19-10-5-8(3-4-9(6)10)14-11(15)12(16)17/h3-5H,1-2H3,(H,14,15)(H,16,17). The zero-order valence-electron chi connectivity index (χ0n) is 10.3. The van der Waals surface area contributed by atoms with Gasteiger partial charge in [-0.15, -0.1) is 0 Å². The van der Waals surface area contributed by atoms with E-state index >= 15 is 0 Å². The third-order valence-corrected chi connectivity index (χ3v) is 2.91. The van der Waals surface area contributed by atoms with Crippen molar-refractivity contribution in [3.8, 4) is 0 Å². The molecule has 1 heterocycles. The van der Waals surface area contributed by atoms with Crippen LogP contribution in [0.4, 0.5) is 5.69 Å². The normalized spacial score (nSPS) is 10.4. The Hall–Kier alpha value is -2.63. The second-order valence-electron chi connectivity index (χ2n) is 4.11. The summed E-state index contributed by atoms with van der Waals surface area (Å²) in [4.78, 5) is 33.0. The Balaban J connectivity index is 2.53. The molecule has 2 N–H and O–H groups in total. The Bertz CT molecular complexity index is 745. The van der Waals surface area contributed by atoms with Gasteiger partial charge in [-0.05, 0) is 31.5 Å². The molecule has 0 spiro atoms. The number of carbonyl (C=O) groups is 2. The van der Waals surface area contributed by atoms with Crippen LogP contribution in [-0.2, 0) is 9.59 Å². The van der Waals surface area contributed by atoms with Crippen LogP contribution in [0.2, 0.25) is 0 Å². The molecule has 0 saturated heterocycles. The summed E-state index contributed by atoms with van der Waals surface area (Å²) in [6.07, 6.45) is 0. The number of fused-ring (bicyclic) bond motifs is 1. The quantitative estimate of drug-likeness (QED) is 0.598. The highest BCUT2D eigenvalue weighted by Gasteiger charge is 2.13. The van der Waals surface area contributed by atoms with Gasteiger partial charge >= 0.3 is 17.5 Å². The number of anilines is 1. The van der Waals surface area contributed by atoms with Gasteiger partial charge in [0, 0.05) is 22.7 Å². The number of carboxylic acids is 1. The van der Waals surface area contributed by atoms with Crippen molar-refractivity contribution in [2.24, 2.45) is 0 Å². The van der Waals surface area contributed by atoms with Crippen LogP contribution in [0.1, 0.15) is 11.1 Å². The minimum absolute atomic E-state index is 0.256. The Morgan fingerprint density at radius 1 is 1.21 bits per heavy atom. The van der Waals surface area contributed by atoms with Gasteiger partial charge in [0.25, 0.3) is 0 Å². The van der Waals surface area contributed by atoms with Gasteiger partial charge < -0.3 is 14.8 Å². The van der Waals surface area contributed by atoms with Gasteiger partial charge in [-0.1, -0.05) is 0 Å². The second kappa shape index (κ2) is 4.56. The van der Waals surface area contributed by atoms with Gasteiger partial charge in [-0.25, -0.2) is 9.59 Å². The maximum atomic E-state index is 11.5. The van der Waals surface area contributed by atoms with Crippen LogP contribution >= 0.6 is 0 Å². The third-order valence-electron chi connectivity index (χ3n) is 2.91. The average Bonchev–Trinajstić information content (AvgIpc) is 2.35. The summed E-state index contributed by atoms with van der Waals surface area (Å²) >= 11 is 0. The number of aliphatic carboxylic acids is 1. The average molecular weight is 261 g/mol. The maximum Gasteiger partial charge on any atom is 0.394 e. The molecule has 0 bridgehead atoms. The van der Waals surface area contributed by atoms with Crippen molar-refractivity contribution in [1.29, 1.82) is 0 Å². The zero-order valence-corrected chi connectivity index (χ0v) is 10.3. The van der Waals surface area contributed by atoms with E-state index in [4.69, 9.17) is 9.52 Å². The van der Waals surface area contributed by atoms with E-state index in [0.29, 0.717) is 11.1 Å². The smallest absolute Gasteiger partial charge is 0.394 e. The molecule has 0 saturated carbocycles. The number of rotatable bonds is 1. The maximum absolute atomic E-state index is 11.5. The van der Waals surface area contributed by atoms with Crippen molar-refractivity contribution in [3.63, 3.8) is 0 Å². The van der Waals surface area contributed by atoms with E-state index < -0.39 is 17.5 Å². The molecule has 2 rings (SSSR count). The van der Waals surface area contributed by atoms with Crippen molar-refractivity contribution < 1.29 is 19.1 Å². The van der Waals surface area contributed by atoms with Crippen LogP contribution in [0, 0.1) is 13.8 Å². The van der Waals surface area contributed by atoms with E-state index in [1.54, 1.807) is 26.0 Å². The first-order valence-corrected chi connectivity index (χ1v) is 5.48. The van der Waals surface area contributed by atoms with Crippen LogP contribution in [0.3, 0.4) is 0 Å². The van der Waals surface area contributed by atoms with Crippen molar-refractivity contribution in [2.75, 3.05) is 5.32 Å². The van der Waals surface area contributed by atoms with Crippen LogP contribution in [0.5, 0.6) is 0 Å². The summed E-state index contributed by atoms with van der Waals surface area (Å²) in [6, 6.07) is 4.64. The first kappa shape index (κ1) is 12.8. The minimum atomic E-state index is -1.58. The van der Waals surface area contributed by atoms with E-state index in [0.717, 1.165) is 10.9 Å². The highest BCUT2D eigenvalue weighted by molar-refractivity contribution is 6.36. The van der Waals surface area contributed by atoms with Gasteiger partial charge in [0.15, 0.2) is 0 Å². The lowest BCUT2D eigenvalue weighted by molar-refractivity contribution is -0.147. The van der Waals surface area contributed by atoms with Crippen LogP contribution in [0.15, 0.2) is 27.4 Å². The van der Waals surface area contributed by atoms with E-state index in [-0.39, 0.29) is 5.69 Å². The van der Waals surface area contributed by atoms with E-state index in [1.165, 1.54) is 6.07 Å². The van der Waals surface area contributed by atoms with Gasteiger partial charge in [-0.3, -0.25) is 4.79 Å². The van der Waals surface area contributed by atoms with E-state index in [2.05, 4.69) is 5.32 Å². The Labute approximate surface area is 107 Å². The zero-order chi connectivity index (χ0) is 14.2. The molecular weight excluding hydrogens is 250 g/mol. The lowest BCUT2D eigenvalue weighted by Gasteiger charge is -2.06. The molecule has 0 aliphatic rings. The van der Waals surface area contributed by atoms with Gasteiger partial charge in [0.2, 0.25) is 0 Å². The number of hydrogen-bond donors (Lipinski definition) is 2. The van der Waals surface area contributed by atoms with Gasteiger partial charge in [0.1, 0.15) is 5.58 Å². The molecule has 1 amide bonds. The Morgan fingerprint density at radius 3 is 2.53 bits per heavy atom. The topological polar surface area (TPSA) is 96.6 Å². The van der Waals surface area contributed by atoms with Crippen LogP contribution in [-0.4, -0.2) is 17.0 Å².